The van der Waals surface area contributed by atoms with Crippen LogP contribution < -0.4 is 26.4 Å². The Morgan fingerprint density at radius 3 is 0.880 bits per heavy atom. The fourth-order valence-electron chi connectivity index (χ4n) is 8.20. The Morgan fingerprint density at radius 2 is 0.613 bits per heavy atom. The van der Waals surface area contributed by atoms with Crippen LogP contribution in [0.5, 0.6) is 0 Å². The van der Waals surface area contributed by atoms with Crippen LogP contribution in [0.2, 0.25) is 0 Å². The summed E-state index contributed by atoms with van der Waals surface area (Å²) in [5.41, 5.74) is -28.9. The lowest BCUT2D eigenvalue weighted by atomic mass is 9.12. The topological polar surface area (TPSA) is 3.88 Å². The van der Waals surface area contributed by atoms with E-state index in [0.717, 1.165) is 11.4 Å². The predicted molar refractivity (Wildman–Crippen MR) is 227 cm³/mol. The zero-order valence-corrected chi connectivity index (χ0v) is 37.4. The molecule has 0 amide bonds. The zero-order valence-electron chi connectivity index (χ0n) is 36.5. The second kappa shape index (κ2) is 19.9. The van der Waals surface area contributed by atoms with Crippen LogP contribution in [0, 0.1) is 0 Å². The summed E-state index contributed by atoms with van der Waals surface area (Å²) in [6.45, 7) is 0.888. The largest absolute Gasteiger partial charge is 0.416 e. The summed E-state index contributed by atoms with van der Waals surface area (Å²) in [6, 6.07) is 9.97. The zero-order chi connectivity index (χ0) is 56.3. The van der Waals surface area contributed by atoms with Crippen molar-refractivity contribution in [1.82, 2.24) is 0 Å². The van der Waals surface area contributed by atoms with Gasteiger partial charge in [0.25, 0.3) is 0 Å². The number of nitrogens with zero attached hydrogens (tertiary/aromatic N) is 1. The van der Waals surface area contributed by atoms with Gasteiger partial charge >= 0.3 is 49.4 Å². The van der Waals surface area contributed by atoms with Gasteiger partial charge in [0.2, 0.25) is 0 Å². The lowest BCUT2D eigenvalue weighted by Crippen LogP contribution is -2.75. The molecule has 0 radical (unpaired) electrons. The normalized spacial score (nSPS) is 13.5. The van der Waals surface area contributed by atoms with Crippen LogP contribution in [-0.2, 0) is 56.0 Å². The van der Waals surface area contributed by atoms with E-state index in [1.807, 2.05) is 18.2 Å². The molecule has 1 heterocycles. The van der Waals surface area contributed by atoms with Gasteiger partial charge in [-0.1, -0.05) is 91.0 Å². The van der Waals surface area contributed by atoms with E-state index in [1.54, 1.807) is 0 Å². The number of hydrogen-bond acceptors (Lipinski definition) is 1. The highest BCUT2D eigenvalue weighted by Gasteiger charge is 2.47. The number of halogens is 24. The second-order valence-corrected chi connectivity index (χ2v) is 17.1. The number of hydrogen-bond donors (Lipinski definition) is 1. The highest BCUT2D eigenvalue weighted by molar-refractivity contribution is 7.80. The van der Waals surface area contributed by atoms with Crippen molar-refractivity contribution in [1.29, 1.82) is 0 Å². The van der Waals surface area contributed by atoms with Crippen molar-refractivity contribution >= 4 is 51.4 Å². The van der Waals surface area contributed by atoms with Crippen LogP contribution in [-0.4, -0.2) is 6.15 Å². The van der Waals surface area contributed by atoms with Crippen LogP contribution in [0.25, 0.3) is 10.8 Å². The van der Waals surface area contributed by atoms with Gasteiger partial charge < -0.3 is 0 Å². The molecular weight excluding hydrogens is 1090 g/mol. The van der Waals surface area contributed by atoms with E-state index in [0.29, 0.717) is 0 Å². The first kappa shape index (κ1) is 57.7. The molecule has 27 heteroatoms. The van der Waals surface area contributed by atoms with Gasteiger partial charge in [-0.15, -0.1) is 12.6 Å². The summed E-state index contributed by atoms with van der Waals surface area (Å²) in [6.07, 6.45) is -50.5. The average Bonchev–Trinajstić information content (AvgIpc) is 3.27. The summed E-state index contributed by atoms with van der Waals surface area (Å²) in [5, 5.41) is 2.42. The third-order valence-corrected chi connectivity index (χ3v) is 11.9. The van der Waals surface area contributed by atoms with Crippen molar-refractivity contribution < 1.29 is 110 Å². The maximum absolute atomic E-state index is 14.2. The van der Waals surface area contributed by atoms with E-state index in [1.165, 1.54) is 16.3 Å². The van der Waals surface area contributed by atoms with E-state index in [4.69, 9.17) is 0 Å². The van der Waals surface area contributed by atoms with Crippen LogP contribution in [0.4, 0.5) is 105 Å². The molecular formula is C48H26BF24NS. The lowest BCUT2D eigenvalue weighted by Gasteiger charge is -2.46. The van der Waals surface area contributed by atoms with Gasteiger partial charge in [-0.2, -0.15) is 127 Å². The molecule has 0 atom stereocenters. The molecule has 0 saturated carbocycles. The molecule has 1 nitrogen and oxygen atoms in total. The SMILES string of the molecule is FC(F)(F)c1cc([B-](c2cc(C(F)(F)F)cc(C(F)(F)F)c2)(c2cc(C(F)(F)F)cc(C(F)(F)F)c2)c2cc(C(F)(F)F)cc(C(F)(F)F)c2)cc(C(F)(F)F)c1.Sc1cccc2cc[n+](Cc3ccccc3)cc12. The maximum Gasteiger partial charge on any atom is 0.416 e. The van der Waals surface area contributed by atoms with Gasteiger partial charge in [0.15, 0.2) is 18.9 Å². The minimum Gasteiger partial charge on any atom is -0.200 e. The molecule has 0 unspecified atom stereocenters. The summed E-state index contributed by atoms with van der Waals surface area (Å²) in [4.78, 5) is 1.02. The van der Waals surface area contributed by atoms with Crippen LogP contribution in [0.3, 0.4) is 0 Å². The number of aromatic nitrogens is 1. The number of fused-ring (bicyclic) bond motifs is 1. The standard InChI is InChI=1S/C32H12BF24.C16H13NS/c34-25(35,36)13-1-14(26(37,38)39)6-21(5-13)33(22-7-15(27(40,41)42)2-16(8-22)28(43,44)45,23-9-17(29(46,47)48)3-18(10-23)30(49,50)51)24-11-19(31(52,53)54)4-20(12-24)32(55,56)57;18-16-8-4-7-14-9-10-17(12-15(14)16)11-13-5-2-1-3-6-13/h1-12H;1-10,12H,11H2/q-1;/p+1. The molecule has 0 fully saturated rings. The molecule has 0 saturated heterocycles. The fraction of sp³-hybridized carbons (Fsp3) is 0.188. The molecule has 0 spiro atoms. The van der Waals surface area contributed by atoms with Gasteiger partial charge in [-0.3, -0.25) is 0 Å². The van der Waals surface area contributed by atoms with E-state index >= 15 is 0 Å². The fourth-order valence-corrected chi connectivity index (χ4v) is 8.48. The molecule has 75 heavy (non-hydrogen) atoms. The quantitative estimate of drug-likeness (QED) is 0.0732. The number of pyridine rings is 1. The summed E-state index contributed by atoms with van der Waals surface area (Å²) >= 11 is 4.51. The van der Waals surface area contributed by atoms with Crippen molar-refractivity contribution in [3.05, 3.63) is 190 Å². The van der Waals surface area contributed by atoms with Gasteiger partial charge in [0, 0.05) is 16.5 Å². The van der Waals surface area contributed by atoms with Crippen LogP contribution in [0.1, 0.15) is 50.1 Å². The van der Waals surface area contributed by atoms with Gasteiger partial charge in [-0.25, -0.2) is 4.57 Å². The summed E-state index contributed by atoms with van der Waals surface area (Å²) < 4.78 is 343. The van der Waals surface area contributed by atoms with Crippen molar-refractivity contribution in [3.63, 3.8) is 0 Å². The van der Waals surface area contributed by atoms with Gasteiger partial charge in [0.1, 0.15) is 6.15 Å². The lowest BCUT2D eigenvalue weighted by molar-refractivity contribution is -0.687. The molecule has 0 aliphatic rings. The predicted octanol–water partition coefficient (Wildman–Crippen LogP) is 14.7. The van der Waals surface area contributed by atoms with Crippen LogP contribution in [0.15, 0.2) is 145 Å². The molecule has 400 valence electrons. The molecule has 6 aromatic carbocycles. The van der Waals surface area contributed by atoms with Crippen molar-refractivity contribution in [2.24, 2.45) is 0 Å². The van der Waals surface area contributed by atoms with Crippen molar-refractivity contribution in [2.75, 3.05) is 0 Å². The minimum absolute atomic E-state index is 0.691. The Hall–Kier alpha value is -6.54. The molecule has 0 N–H and O–H groups in total. The second-order valence-electron chi connectivity index (χ2n) is 16.6. The van der Waals surface area contributed by atoms with Crippen molar-refractivity contribution in [3.8, 4) is 0 Å². The van der Waals surface area contributed by atoms with E-state index in [2.05, 4.69) is 66.0 Å². The molecule has 0 aliphatic heterocycles. The Balaban J connectivity index is 0.000000421. The minimum atomic E-state index is -6.13. The number of benzene rings is 6. The maximum atomic E-state index is 14.2. The smallest absolute Gasteiger partial charge is 0.200 e. The highest BCUT2D eigenvalue weighted by atomic mass is 32.1. The van der Waals surface area contributed by atoms with Crippen molar-refractivity contribution in [2.45, 2.75) is 60.9 Å². The number of rotatable bonds is 6. The molecule has 0 aliphatic carbocycles. The highest BCUT2D eigenvalue weighted by Crippen LogP contribution is 2.41. The first-order valence-corrected chi connectivity index (χ1v) is 21.0. The Kier molecular flexibility index (Phi) is 15.3. The monoisotopic (exact) mass is 1120 g/mol. The summed E-state index contributed by atoms with van der Waals surface area (Å²) in [5.74, 6) is 0. The molecule has 7 rings (SSSR count). The van der Waals surface area contributed by atoms with E-state index in [-0.39, 0.29) is 0 Å². The first-order valence-electron chi connectivity index (χ1n) is 20.6. The number of alkyl halides is 24. The molecule has 0 bridgehead atoms. The van der Waals surface area contributed by atoms with E-state index in [9.17, 15) is 105 Å². The number of thiol groups is 1. The third-order valence-electron chi connectivity index (χ3n) is 11.5. The first-order chi connectivity index (χ1) is 34.1. The average molecular weight is 1120 g/mol. The summed E-state index contributed by atoms with van der Waals surface area (Å²) in [7, 11) is 0. The molecule has 7 aromatic rings. The van der Waals surface area contributed by atoms with Crippen LogP contribution >= 0.6 is 12.6 Å². The molecule has 1 aromatic heterocycles. The van der Waals surface area contributed by atoms with Gasteiger partial charge in [-0.05, 0) is 35.7 Å². The third kappa shape index (κ3) is 13.1. The van der Waals surface area contributed by atoms with E-state index < -0.39 is 195 Å². The van der Waals surface area contributed by atoms with Gasteiger partial charge in [0.05, 0.1) is 49.9 Å². The Labute approximate surface area is 411 Å². The Bertz CT molecular complexity index is 2760. The Morgan fingerprint density at radius 1 is 0.333 bits per heavy atom.